The molecular formula is C13H14N2O2. The first-order valence-corrected chi connectivity index (χ1v) is 5.87. The van der Waals surface area contributed by atoms with Gasteiger partial charge in [-0.05, 0) is 18.9 Å². The molecule has 0 radical (unpaired) electrons. The zero-order valence-corrected chi connectivity index (χ0v) is 9.48. The number of nitrogens with one attached hydrogen (secondary N) is 1. The smallest absolute Gasteiger partial charge is 0.279 e. The molecule has 2 aromatic rings. The van der Waals surface area contributed by atoms with E-state index in [0.717, 1.165) is 23.7 Å². The van der Waals surface area contributed by atoms with Crippen molar-refractivity contribution in [3.63, 3.8) is 0 Å². The number of aromatic amines is 1. The Hall–Kier alpha value is -1.81. The Morgan fingerprint density at radius 1 is 1.29 bits per heavy atom. The molecule has 4 nitrogen and oxygen atoms in total. The van der Waals surface area contributed by atoms with Crippen LogP contribution in [-0.2, 0) is 4.84 Å². The van der Waals surface area contributed by atoms with Gasteiger partial charge in [-0.15, -0.1) is 0 Å². The van der Waals surface area contributed by atoms with Gasteiger partial charge in [-0.2, -0.15) is 0 Å². The van der Waals surface area contributed by atoms with E-state index in [0.29, 0.717) is 18.7 Å². The molecule has 0 saturated carbocycles. The second-order valence-corrected chi connectivity index (χ2v) is 4.20. The first-order valence-electron chi connectivity index (χ1n) is 5.87. The highest BCUT2D eigenvalue weighted by atomic mass is 16.7. The van der Waals surface area contributed by atoms with Crippen LogP contribution in [0.15, 0.2) is 30.5 Å². The second-order valence-electron chi connectivity index (χ2n) is 4.20. The molecule has 88 valence electrons. The van der Waals surface area contributed by atoms with Crippen LogP contribution in [0, 0.1) is 0 Å². The number of benzene rings is 1. The number of hydrogen-bond donors (Lipinski definition) is 1. The third-order valence-electron chi connectivity index (χ3n) is 3.05. The minimum Gasteiger partial charge on any atom is -0.360 e. The molecule has 0 atom stereocenters. The highest BCUT2D eigenvalue weighted by Gasteiger charge is 2.21. The van der Waals surface area contributed by atoms with Crippen LogP contribution in [0.5, 0.6) is 0 Å². The number of fused-ring (bicyclic) bond motifs is 1. The number of nitrogens with zero attached hydrogens (tertiary/aromatic N) is 1. The summed E-state index contributed by atoms with van der Waals surface area (Å²) in [6.45, 7) is 1.31. The van der Waals surface area contributed by atoms with Crippen LogP contribution in [0.1, 0.15) is 23.2 Å². The Balaban J connectivity index is 1.95. The molecule has 1 aliphatic rings. The lowest BCUT2D eigenvalue weighted by atomic mass is 10.1. The number of carbonyl (C=O) groups is 1. The number of H-pyrrole nitrogens is 1. The van der Waals surface area contributed by atoms with Gasteiger partial charge in [-0.3, -0.25) is 9.63 Å². The molecule has 1 amide bonds. The lowest BCUT2D eigenvalue weighted by molar-refractivity contribution is -0.144. The standard InChI is InChI=1S/C13H14N2O2/c16-13(15-7-3-4-8-17-15)11-9-14-12-6-2-1-5-10(11)12/h1-2,5-6,9,14H,3-4,7-8H2. The number of hydroxylamine groups is 2. The van der Waals surface area contributed by atoms with Crippen LogP contribution in [0.2, 0.25) is 0 Å². The summed E-state index contributed by atoms with van der Waals surface area (Å²) in [6, 6.07) is 7.79. The quantitative estimate of drug-likeness (QED) is 0.817. The zero-order valence-electron chi connectivity index (χ0n) is 9.48. The average molecular weight is 230 g/mol. The number of aromatic nitrogens is 1. The summed E-state index contributed by atoms with van der Waals surface area (Å²) < 4.78 is 0. The number of hydrogen-bond acceptors (Lipinski definition) is 2. The van der Waals surface area contributed by atoms with Crippen LogP contribution in [0.3, 0.4) is 0 Å². The van der Waals surface area contributed by atoms with Gasteiger partial charge in [-0.1, -0.05) is 18.2 Å². The monoisotopic (exact) mass is 230 g/mol. The number of amides is 1. The number of rotatable bonds is 1. The van der Waals surface area contributed by atoms with Crippen molar-refractivity contribution in [1.29, 1.82) is 0 Å². The second kappa shape index (κ2) is 4.22. The van der Waals surface area contributed by atoms with E-state index < -0.39 is 0 Å². The molecule has 0 unspecified atom stereocenters. The Bertz CT molecular complexity index is 541. The summed E-state index contributed by atoms with van der Waals surface area (Å²) in [4.78, 5) is 20.7. The van der Waals surface area contributed by atoms with E-state index in [9.17, 15) is 4.79 Å². The van der Waals surface area contributed by atoms with E-state index in [2.05, 4.69) is 4.98 Å². The van der Waals surface area contributed by atoms with Crippen molar-refractivity contribution in [3.05, 3.63) is 36.0 Å². The van der Waals surface area contributed by atoms with Gasteiger partial charge in [-0.25, -0.2) is 5.06 Å². The largest absolute Gasteiger partial charge is 0.360 e. The van der Waals surface area contributed by atoms with Gasteiger partial charge in [0.25, 0.3) is 5.91 Å². The van der Waals surface area contributed by atoms with Crippen molar-refractivity contribution >= 4 is 16.8 Å². The van der Waals surface area contributed by atoms with E-state index in [1.54, 1.807) is 6.20 Å². The lowest BCUT2D eigenvalue weighted by Gasteiger charge is -2.25. The molecular weight excluding hydrogens is 216 g/mol. The summed E-state index contributed by atoms with van der Waals surface area (Å²) in [5.41, 5.74) is 1.66. The van der Waals surface area contributed by atoms with Crippen molar-refractivity contribution in [2.24, 2.45) is 0 Å². The molecule has 1 aromatic carbocycles. The van der Waals surface area contributed by atoms with Crippen LogP contribution < -0.4 is 0 Å². The molecule has 1 aromatic heterocycles. The highest BCUT2D eigenvalue weighted by molar-refractivity contribution is 6.06. The minimum atomic E-state index is -0.0536. The maximum Gasteiger partial charge on any atom is 0.279 e. The highest BCUT2D eigenvalue weighted by Crippen LogP contribution is 2.20. The van der Waals surface area contributed by atoms with Crippen LogP contribution >= 0.6 is 0 Å². The maximum atomic E-state index is 12.3. The third kappa shape index (κ3) is 1.80. The molecule has 2 heterocycles. The molecule has 1 fully saturated rings. The molecule has 1 aliphatic heterocycles. The Morgan fingerprint density at radius 3 is 3.00 bits per heavy atom. The number of para-hydroxylation sites is 1. The molecule has 1 N–H and O–H groups in total. The van der Waals surface area contributed by atoms with Crippen molar-refractivity contribution in [3.8, 4) is 0 Å². The summed E-state index contributed by atoms with van der Waals surface area (Å²) in [6.07, 6.45) is 3.79. The summed E-state index contributed by atoms with van der Waals surface area (Å²) in [5, 5.41) is 2.42. The van der Waals surface area contributed by atoms with Gasteiger partial charge < -0.3 is 4.98 Å². The topological polar surface area (TPSA) is 45.3 Å². The predicted molar refractivity (Wildman–Crippen MR) is 64.5 cm³/mol. The van der Waals surface area contributed by atoms with Crippen molar-refractivity contribution in [1.82, 2.24) is 10.0 Å². The van der Waals surface area contributed by atoms with Crippen molar-refractivity contribution in [2.45, 2.75) is 12.8 Å². The summed E-state index contributed by atoms with van der Waals surface area (Å²) in [5.74, 6) is -0.0536. The minimum absolute atomic E-state index is 0.0536. The summed E-state index contributed by atoms with van der Waals surface area (Å²) >= 11 is 0. The Morgan fingerprint density at radius 2 is 2.18 bits per heavy atom. The summed E-state index contributed by atoms with van der Waals surface area (Å²) in [7, 11) is 0. The molecule has 0 aliphatic carbocycles. The van der Waals surface area contributed by atoms with Crippen molar-refractivity contribution in [2.75, 3.05) is 13.2 Å². The Labute approximate surface area is 99.1 Å². The normalized spacial score (nSPS) is 16.4. The molecule has 1 saturated heterocycles. The maximum absolute atomic E-state index is 12.3. The molecule has 0 bridgehead atoms. The lowest BCUT2D eigenvalue weighted by Crippen LogP contribution is -2.35. The SMILES string of the molecule is O=C(c1c[nH]c2ccccc12)N1CCCCO1. The Kier molecular flexibility index (Phi) is 2.57. The van der Waals surface area contributed by atoms with Crippen LogP contribution in [0.25, 0.3) is 10.9 Å². The third-order valence-corrected chi connectivity index (χ3v) is 3.05. The zero-order chi connectivity index (χ0) is 11.7. The van der Waals surface area contributed by atoms with Gasteiger partial charge in [0.2, 0.25) is 0 Å². The van der Waals surface area contributed by atoms with Gasteiger partial charge in [0, 0.05) is 23.6 Å². The van der Waals surface area contributed by atoms with Gasteiger partial charge in [0.15, 0.2) is 0 Å². The first kappa shape index (κ1) is 10.4. The van der Waals surface area contributed by atoms with Gasteiger partial charge in [0.05, 0.1) is 12.2 Å². The molecule has 3 rings (SSSR count). The predicted octanol–water partition coefficient (Wildman–Crippen LogP) is 2.34. The van der Waals surface area contributed by atoms with E-state index in [1.807, 2.05) is 24.3 Å². The fraction of sp³-hybridized carbons (Fsp3) is 0.308. The van der Waals surface area contributed by atoms with Gasteiger partial charge >= 0.3 is 0 Å². The van der Waals surface area contributed by atoms with E-state index >= 15 is 0 Å². The molecule has 4 heteroatoms. The fourth-order valence-corrected chi connectivity index (χ4v) is 2.14. The number of carbonyl (C=O) groups excluding carboxylic acids is 1. The first-order chi connectivity index (χ1) is 8.36. The van der Waals surface area contributed by atoms with Crippen LogP contribution in [-0.4, -0.2) is 29.1 Å². The van der Waals surface area contributed by atoms with Crippen LogP contribution in [0.4, 0.5) is 0 Å². The van der Waals surface area contributed by atoms with E-state index in [1.165, 1.54) is 5.06 Å². The molecule has 0 spiro atoms. The van der Waals surface area contributed by atoms with Gasteiger partial charge in [0.1, 0.15) is 0 Å². The van der Waals surface area contributed by atoms with E-state index in [4.69, 9.17) is 4.84 Å². The molecule has 17 heavy (non-hydrogen) atoms. The van der Waals surface area contributed by atoms with E-state index in [-0.39, 0.29) is 5.91 Å². The fourth-order valence-electron chi connectivity index (χ4n) is 2.14. The average Bonchev–Trinajstić information content (AvgIpc) is 2.83. The van der Waals surface area contributed by atoms with Crippen molar-refractivity contribution < 1.29 is 9.63 Å².